The Labute approximate surface area is 192 Å². The van der Waals surface area contributed by atoms with Gasteiger partial charge in [0.25, 0.3) is 0 Å². The van der Waals surface area contributed by atoms with Gasteiger partial charge in [-0.3, -0.25) is 0 Å². The van der Waals surface area contributed by atoms with Gasteiger partial charge in [-0.1, -0.05) is 0 Å². The van der Waals surface area contributed by atoms with Crippen molar-refractivity contribution in [3.8, 4) is 0 Å². The second-order valence-electron chi connectivity index (χ2n) is 8.58. The highest BCUT2D eigenvalue weighted by Gasteiger charge is 2.64. The summed E-state index contributed by atoms with van der Waals surface area (Å²) in [5.41, 5.74) is -2.82. The lowest BCUT2D eigenvalue weighted by molar-refractivity contribution is -0.391. The molecular weight excluding hydrogens is 472 g/mol. The topological polar surface area (TPSA) is 280 Å². The normalized spacial score (nSPS) is 54.7. The van der Waals surface area contributed by atoms with Crippen LogP contribution < -0.4 is 0 Å². The maximum Gasteiger partial charge on any atom is 0.187 e. The Bertz CT molecular complexity index is 662. The van der Waals surface area contributed by atoms with Gasteiger partial charge in [-0.05, 0) is 0 Å². The standard InChI is InChI=1S/C18H32O16/c19-1-4-7(22)8(23)10(25)15(31-4)18(30)6(3-21)33-17(12(27)14(18)28)34-13-5(2-20)32-16(29)11(26)9(13)24/h4-17,19-30H,1-3H2/t4-,5-,6-,7+,8+,9-,10-,11-,12-,13-,14-,15+,16-,17+,18+/m1/s1. The first-order chi connectivity index (χ1) is 15.9. The predicted molar refractivity (Wildman–Crippen MR) is 101 cm³/mol. The highest BCUT2D eigenvalue weighted by Crippen LogP contribution is 2.40. The van der Waals surface area contributed by atoms with E-state index in [1.54, 1.807) is 0 Å². The molecule has 0 aromatic heterocycles. The quantitative estimate of drug-likeness (QED) is 0.160. The Balaban J connectivity index is 1.85. The van der Waals surface area contributed by atoms with E-state index in [2.05, 4.69) is 0 Å². The van der Waals surface area contributed by atoms with Crippen molar-refractivity contribution in [2.24, 2.45) is 0 Å². The second-order valence-corrected chi connectivity index (χ2v) is 8.58. The van der Waals surface area contributed by atoms with Crippen LogP contribution in [-0.2, 0) is 18.9 Å². The zero-order valence-corrected chi connectivity index (χ0v) is 17.7. The first-order valence-electron chi connectivity index (χ1n) is 10.5. The van der Waals surface area contributed by atoms with Gasteiger partial charge >= 0.3 is 0 Å². The molecule has 34 heavy (non-hydrogen) atoms. The third-order valence-electron chi connectivity index (χ3n) is 6.53. The molecule has 16 heteroatoms. The van der Waals surface area contributed by atoms with E-state index in [1.165, 1.54) is 0 Å². The maximum absolute atomic E-state index is 11.2. The van der Waals surface area contributed by atoms with E-state index in [-0.39, 0.29) is 0 Å². The van der Waals surface area contributed by atoms with Crippen LogP contribution in [-0.4, -0.2) is 173 Å². The van der Waals surface area contributed by atoms with Gasteiger partial charge in [0.05, 0.1) is 19.8 Å². The fourth-order valence-electron chi connectivity index (χ4n) is 4.49. The van der Waals surface area contributed by atoms with Crippen molar-refractivity contribution in [3.05, 3.63) is 0 Å². The average molecular weight is 504 g/mol. The third-order valence-corrected chi connectivity index (χ3v) is 6.53. The number of rotatable bonds is 6. The molecule has 0 aromatic carbocycles. The first kappa shape index (κ1) is 27.9. The van der Waals surface area contributed by atoms with Crippen molar-refractivity contribution in [1.29, 1.82) is 0 Å². The lowest BCUT2D eigenvalue weighted by Gasteiger charge is -2.55. The fourth-order valence-corrected chi connectivity index (χ4v) is 4.49. The highest BCUT2D eigenvalue weighted by atomic mass is 16.7. The zero-order valence-electron chi connectivity index (χ0n) is 17.7. The van der Waals surface area contributed by atoms with E-state index in [9.17, 15) is 61.3 Å². The van der Waals surface area contributed by atoms with Gasteiger partial charge in [0.15, 0.2) is 18.2 Å². The molecular formula is C18H32O16. The SMILES string of the molecule is OC[C@H]1O[C@H]([C@@]2(O)[C@H](O)[C@@H](O)[C@H](O[C@H]3[C@H](O)[C@@H](O)[C@H](O)O[C@@H]3CO)O[C@@H]2CO)[C@H](O)[C@@H](O)[C@H]1O. The van der Waals surface area contributed by atoms with Gasteiger partial charge in [-0.25, -0.2) is 0 Å². The van der Waals surface area contributed by atoms with Crippen LogP contribution in [0, 0.1) is 0 Å². The molecule has 3 heterocycles. The van der Waals surface area contributed by atoms with Gasteiger partial charge in [0.1, 0.15) is 73.2 Å². The van der Waals surface area contributed by atoms with Gasteiger partial charge in [0.2, 0.25) is 0 Å². The summed E-state index contributed by atoms with van der Waals surface area (Å²) < 4.78 is 20.9. The Hall–Kier alpha value is -0.640. The second kappa shape index (κ2) is 10.8. The summed E-state index contributed by atoms with van der Waals surface area (Å²) in [4.78, 5) is 0. The summed E-state index contributed by atoms with van der Waals surface area (Å²) in [6.07, 6.45) is -26.2. The minimum atomic E-state index is -2.82. The van der Waals surface area contributed by atoms with Gasteiger partial charge in [-0.15, -0.1) is 0 Å². The molecule has 12 N–H and O–H groups in total. The third kappa shape index (κ3) is 4.59. The van der Waals surface area contributed by atoms with Crippen molar-refractivity contribution < 1.29 is 80.2 Å². The molecule has 0 unspecified atom stereocenters. The summed E-state index contributed by atoms with van der Waals surface area (Å²) >= 11 is 0. The van der Waals surface area contributed by atoms with Gasteiger partial charge in [0, 0.05) is 0 Å². The number of hydrogen-bond donors (Lipinski definition) is 12. The molecule has 16 nitrogen and oxygen atoms in total. The van der Waals surface area contributed by atoms with E-state index < -0.39 is 111 Å². The minimum absolute atomic E-state index is 0.810. The van der Waals surface area contributed by atoms with Crippen molar-refractivity contribution in [2.75, 3.05) is 19.8 Å². The average Bonchev–Trinajstić information content (AvgIpc) is 2.82. The van der Waals surface area contributed by atoms with Crippen LogP contribution in [0.5, 0.6) is 0 Å². The Kier molecular flexibility index (Phi) is 8.85. The Morgan fingerprint density at radius 3 is 1.79 bits per heavy atom. The van der Waals surface area contributed by atoms with Crippen LogP contribution in [0.3, 0.4) is 0 Å². The lowest BCUT2D eigenvalue weighted by Crippen LogP contribution is -2.77. The number of aliphatic hydroxyl groups is 12. The Morgan fingerprint density at radius 1 is 0.618 bits per heavy atom. The molecule has 0 aromatic rings. The Morgan fingerprint density at radius 2 is 1.24 bits per heavy atom. The molecule has 3 rings (SSSR count). The van der Waals surface area contributed by atoms with E-state index in [4.69, 9.17) is 18.9 Å². The maximum atomic E-state index is 11.2. The summed E-state index contributed by atoms with van der Waals surface area (Å²) in [5, 5.41) is 121. The molecule has 15 atom stereocenters. The minimum Gasteiger partial charge on any atom is -0.394 e. The molecule has 0 saturated carbocycles. The first-order valence-corrected chi connectivity index (χ1v) is 10.5. The number of ether oxygens (including phenoxy) is 4. The van der Waals surface area contributed by atoms with E-state index in [1.807, 2.05) is 0 Å². The zero-order chi connectivity index (χ0) is 25.5. The molecule has 200 valence electrons. The number of aliphatic hydroxyl groups excluding tert-OH is 11. The van der Waals surface area contributed by atoms with Crippen molar-refractivity contribution in [2.45, 2.75) is 91.4 Å². The van der Waals surface area contributed by atoms with Crippen LogP contribution in [0.2, 0.25) is 0 Å². The van der Waals surface area contributed by atoms with E-state index in [0.29, 0.717) is 0 Å². The summed E-state index contributed by atoms with van der Waals surface area (Å²) in [7, 11) is 0. The molecule has 0 bridgehead atoms. The van der Waals surface area contributed by atoms with Gasteiger partial charge in [-0.2, -0.15) is 0 Å². The van der Waals surface area contributed by atoms with Crippen molar-refractivity contribution >= 4 is 0 Å². The van der Waals surface area contributed by atoms with Crippen LogP contribution in [0.25, 0.3) is 0 Å². The van der Waals surface area contributed by atoms with Crippen LogP contribution >= 0.6 is 0 Å². The molecule has 3 fully saturated rings. The smallest absolute Gasteiger partial charge is 0.187 e. The molecule has 0 radical (unpaired) electrons. The summed E-state index contributed by atoms with van der Waals surface area (Å²) in [5.74, 6) is 0. The fraction of sp³-hybridized carbons (Fsp3) is 1.00. The molecule has 3 aliphatic rings. The van der Waals surface area contributed by atoms with Gasteiger partial charge < -0.3 is 80.2 Å². The molecule has 3 aliphatic heterocycles. The molecule has 0 spiro atoms. The largest absolute Gasteiger partial charge is 0.394 e. The van der Waals surface area contributed by atoms with E-state index in [0.717, 1.165) is 0 Å². The highest BCUT2D eigenvalue weighted by molar-refractivity contribution is 5.12. The molecule has 0 amide bonds. The van der Waals surface area contributed by atoms with Crippen molar-refractivity contribution in [1.82, 2.24) is 0 Å². The summed E-state index contributed by atoms with van der Waals surface area (Å²) in [6.45, 7) is -2.73. The van der Waals surface area contributed by atoms with Crippen molar-refractivity contribution in [3.63, 3.8) is 0 Å². The molecule has 0 aliphatic carbocycles. The number of hydrogen-bond acceptors (Lipinski definition) is 16. The van der Waals surface area contributed by atoms with Crippen LogP contribution in [0.4, 0.5) is 0 Å². The predicted octanol–water partition coefficient (Wildman–Crippen LogP) is -8.18. The monoisotopic (exact) mass is 504 g/mol. The van der Waals surface area contributed by atoms with E-state index >= 15 is 0 Å². The van der Waals surface area contributed by atoms with Crippen LogP contribution in [0.15, 0.2) is 0 Å². The molecule has 3 saturated heterocycles. The van der Waals surface area contributed by atoms with Crippen LogP contribution in [0.1, 0.15) is 0 Å². The lowest BCUT2D eigenvalue weighted by atomic mass is 9.75. The summed E-state index contributed by atoms with van der Waals surface area (Å²) in [6, 6.07) is 0.